The molecule has 3 aromatic carbocycles. The first kappa shape index (κ1) is 45.7. The monoisotopic (exact) mass is 847 g/mol. The molecule has 1 fully saturated rings. The van der Waals surface area contributed by atoms with Crippen molar-refractivity contribution in [2.24, 2.45) is 11.8 Å². The van der Waals surface area contributed by atoms with Crippen LogP contribution in [0.25, 0.3) is 10.8 Å². The number of aliphatic carboxylic acids is 1. The minimum absolute atomic E-state index is 0.00623. The van der Waals surface area contributed by atoms with Crippen LogP contribution < -0.4 is 20.3 Å². The molecule has 1 amide bonds. The van der Waals surface area contributed by atoms with E-state index in [2.05, 4.69) is 4.98 Å². The quantitative estimate of drug-likeness (QED) is 0.0650. The number of halogens is 3. The van der Waals surface area contributed by atoms with Gasteiger partial charge in [-0.3, -0.25) is 29.7 Å². The van der Waals surface area contributed by atoms with Gasteiger partial charge in [0.2, 0.25) is 0 Å². The molecule has 3 N–H and O–H groups in total. The molecule has 59 heavy (non-hydrogen) atoms. The second-order valence-electron chi connectivity index (χ2n) is 13.8. The van der Waals surface area contributed by atoms with E-state index in [-0.39, 0.29) is 29.5 Å². The number of benzene rings is 3. The number of pyridine rings is 1. The lowest BCUT2D eigenvalue weighted by molar-refractivity contribution is -0.385. The highest BCUT2D eigenvalue weighted by Gasteiger charge is 2.48. The summed E-state index contributed by atoms with van der Waals surface area (Å²) in [6.45, 7) is 8.84. The minimum atomic E-state index is -5.08. The summed E-state index contributed by atoms with van der Waals surface area (Å²) in [6, 6.07) is 13.1. The van der Waals surface area contributed by atoms with Crippen LogP contribution in [0.4, 0.5) is 24.5 Å². The van der Waals surface area contributed by atoms with Crippen molar-refractivity contribution in [3.63, 3.8) is 0 Å². The molecule has 1 aliphatic rings. The first-order valence-corrected chi connectivity index (χ1v) is 19.7. The van der Waals surface area contributed by atoms with E-state index in [1.54, 1.807) is 36.7 Å². The number of anilines is 1. The molecule has 0 bridgehead atoms. The Morgan fingerprint density at radius 1 is 1.03 bits per heavy atom. The van der Waals surface area contributed by atoms with E-state index in [4.69, 9.17) is 30.0 Å². The number of hydrazine groups is 1. The Kier molecular flexibility index (Phi) is 14.5. The predicted molar refractivity (Wildman–Crippen MR) is 208 cm³/mol. The van der Waals surface area contributed by atoms with Gasteiger partial charge in [-0.15, -0.1) is 0 Å². The first-order chi connectivity index (χ1) is 27.6. The van der Waals surface area contributed by atoms with Gasteiger partial charge in [-0.05, 0) is 88.4 Å². The highest BCUT2D eigenvalue weighted by atomic mass is 32.2. The van der Waals surface area contributed by atoms with Gasteiger partial charge in [-0.2, -0.15) is 13.2 Å². The Bertz CT molecular complexity index is 2310. The fourth-order valence-electron chi connectivity index (χ4n) is 6.49. The molecule has 3 unspecified atom stereocenters. The number of ether oxygens (including phenoxy) is 3. The molecule has 16 nitrogen and oxygen atoms in total. The summed E-state index contributed by atoms with van der Waals surface area (Å²) in [5.41, 5.74) is 0.429. The van der Waals surface area contributed by atoms with Crippen LogP contribution in [0.5, 0.6) is 11.5 Å². The van der Waals surface area contributed by atoms with Gasteiger partial charge in [0.1, 0.15) is 6.04 Å². The lowest BCUT2D eigenvalue weighted by Gasteiger charge is -2.36. The molecule has 5 rings (SSSR count). The number of carbonyl (C=O) groups excluding carboxylic acids is 2. The zero-order valence-corrected chi connectivity index (χ0v) is 33.7. The zero-order chi connectivity index (χ0) is 44.0. The summed E-state index contributed by atoms with van der Waals surface area (Å²) in [6.07, 6.45) is -1.82. The fourth-order valence-corrected chi connectivity index (χ4v) is 7.76. The van der Waals surface area contributed by atoms with Gasteiger partial charge in [0.25, 0.3) is 11.6 Å². The van der Waals surface area contributed by atoms with Crippen molar-refractivity contribution in [2.75, 3.05) is 25.3 Å². The number of sulfone groups is 1. The van der Waals surface area contributed by atoms with Gasteiger partial charge >= 0.3 is 18.1 Å². The number of esters is 1. The normalized spacial score (nSPS) is 16.0. The number of nitrogens with two attached hydrogens (primary N) is 1. The number of alkyl halides is 3. The molecule has 1 aliphatic heterocycles. The Morgan fingerprint density at radius 2 is 1.71 bits per heavy atom. The number of hydrogen-bond donors (Lipinski definition) is 2. The van der Waals surface area contributed by atoms with Gasteiger partial charge in [0, 0.05) is 42.0 Å². The molecule has 1 saturated heterocycles. The van der Waals surface area contributed by atoms with Gasteiger partial charge in [0.05, 0.1) is 52.5 Å². The van der Waals surface area contributed by atoms with E-state index >= 15 is 4.79 Å². The van der Waals surface area contributed by atoms with Crippen molar-refractivity contribution in [3.8, 4) is 11.5 Å². The van der Waals surface area contributed by atoms with Crippen molar-refractivity contribution < 1.29 is 60.2 Å². The number of carboxylic acid groups (broad SMARTS) is 1. The van der Waals surface area contributed by atoms with Crippen molar-refractivity contribution in [3.05, 3.63) is 94.3 Å². The Labute approximate surface area is 337 Å². The molecule has 0 radical (unpaired) electrons. The Hall–Kier alpha value is -6.02. The molecule has 318 valence electrons. The van der Waals surface area contributed by atoms with Gasteiger partial charge in [0.15, 0.2) is 21.3 Å². The number of aromatic nitrogens is 1. The number of nitrogens with zero attached hydrogens (tertiary/aromatic N) is 4. The number of non-ortho nitro benzene ring substituents is 1. The fraction of sp³-hybridized carbons (Fsp3) is 0.385. The molecule has 0 spiro atoms. The first-order valence-electron chi connectivity index (χ1n) is 18.2. The lowest BCUT2D eigenvalue weighted by atomic mass is 9.92. The molecule has 20 heteroatoms. The maximum absolute atomic E-state index is 15.2. The van der Waals surface area contributed by atoms with Crippen molar-refractivity contribution in [2.45, 2.75) is 75.5 Å². The van der Waals surface area contributed by atoms with E-state index in [1.165, 1.54) is 30.9 Å². The number of hydrogen-bond acceptors (Lipinski definition) is 13. The molecule has 2 heterocycles. The maximum atomic E-state index is 15.2. The molecule has 1 aromatic heterocycles. The number of rotatable bonds is 13. The molecule has 0 saturated carbocycles. The highest BCUT2D eigenvalue weighted by molar-refractivity contribution is 7.92. The number of nitro benzene ring substituents is 1. The van der Waals surface area contributed by atoms with Crippen LogP contribution in [-0.2, 0) is 29.0 Å². The largest absolute Gasteiger partial charge is 0.490 e. The smallest absolute Gasteiger partial charge is 0.490 e. The number of nitro groups is 1. The molecular weight excluding hydrogens is 804 g/mol. The highest BCUT2D eigenvalue weighted by Crippen LogP contribution is 2.45. The summed E-state index contributed by atoms with van der Waals surface area (Å²) >= 11 is 0. The lowest BCUT2D eigenvalue weighted by Crippen LogP contribution is -2.47. The summed E-state index contributed by atoms with van der Waals surface area (Å²) in [7, 11) is -2.86. The second kappa shape index (κ2) is 18.7. The van der Waals surface area contributed by atoms with Gasteiger partial charge in [-0.1, -0.05) is 12.1 Å². The number of likely N-dealkylation sites (tertiary alicyclic amines) is 1. The van der Waals surface area contributed by atoms with Crippen LogP contribution in [-0.4, -0.2) is 84.0 Å². The number of fused-ring (bicyclic) bond motifs is 1. The number of carbonyl (C=O) groups is 3. The predicted octanol–water partition coefficient (Wildman–Crippen LogP) is 6.33. The van der Waals surface area contributed by atoms with E-state index in [9.17, 15) is 36.5 Å². The maximum Gasteiger partial charge on any atom is 0.490 e. The van der Waals surface area contributed by atoms with Gasteiger partial charge in [-0.25, -0.2) is 19.1 Å². The third-order valence-corrected chi connectivity index (χ3v) is 11.5. The van der Waals surface area contributed by atoms with Crippen LogP contribution in [0.2, 0.25) is 0 Å². The summed E-state index contributed by atoms with van der Waals surface area (Å²) in [4.78, 5) is 54.1. The van der Waals surface area contributed by atoms with E-state index in [0.29, 0.717) is 29.4 Å². The topological polar surface area (TPSA) is 222 Å². The Balaban J connectivity index is 0.00000101. The average Bonchev–Trinajstić information content (AvgIpc) is 3.63. The van der Waals surface area contributed by atoms with Gasteiger partial charge < -0.3 is 24.2 Å². The van der Waals surface area contributed by atoms with E-state index in [0.717, 1.165) is 29.0 Å². The molecule has 0 aliphatic carbocycles. The SMILES string of the molecule is CCOc1cc(C(C(=O)N2CCC(C(=O)OC)C2c2cc([N+](=O)[O-])ccc2S(=O)(=O)C(C)C)N(N)c2ccc3cnccc3c2)ccc1OC(C)C.O=C(O)C(F)(F)F. The number of carboxylic acids is 1. The van der Waals surface area contributed by atoms with E-state index < -0.39 is 67.7 Å². The summed E-state index contributed by atoms with van der Waals surface area (Å²) < 4.78 is 76.2. The van der Waals surface area contributed by atoms with Crippen molar-refractivity contribution >= 4 is 49.8 Å². The van der Waals surface area contributed by atoms with Crippen LogP contribution in [0, 0.1) is 16.0 Å². The molecule has 4 aromatic rings. The van der Waals surface area contributed by atoms with Crippen molar-refractivity contribution in [1.82, 2.24) is 9.88 Å². The second-order valence-corrected chi connectivity index (χ2v) is 16.3. The third kappa shape index (κ3) is 10.4. The van der Waals surface area contributed by atoms with Crippen LogP contribution in [0.3, 0.4) is 0 Å². The summed E-state index contributed by atoms with van der Waals surface area (Å²) in [5.74, 6) is 2.65. The molecule has 3 atom stereocenters. The van der Waals surface area contributed by atoms with Crippen LogP contribution in [0.1, 0.15) is 64.3 Å². The van der Waals surface area contributed by atoms with E-state index in [1.807, 2.05) is 39.0 Å². The van der Waals surface area contributed by atoms with Crippen LogP contribution in [0.15, 0.2) is 78.0 Å². The number of amides is 1. The van der Waals surface area contributed by atoms with Crippen molar-refractivity contribution in [1.29, 1.82) is 0 Å². The Morgan fingerprint density at radius 3 is 2.29 bits per heavy atom. The molecular formula is C39H44F3N5O11S. The standard InChI is InChI=1S/C37H43N5O9S.C2HF3O2/c1-7-50-32-19-25(9-12-31(32)51-22(2)3)34(41(38)27-10-8-26-21-39-16-14-24(26)18-27)36(43)40-17-15-29(37(44)49-6)35(40)30-20-28(42(45)46)11-13-33(30)52(47,48)23(4)5;3-2(4,5)1(6)7/h8-14,16,18-23,29,34-35H,7,15,17,38H2,1-6H3;(H,6,7). The average molecular weight is 848 g/mol. The zero-order valence-electron chi connectivity index (χ0n) is 32.9. The number of methoxy groups -OCH3 is 1. The minimum Gasteiger partial charge on any atom is -0.490 e. The summed E-state index contributed by atoms with van der Waals surface area (Å²) in [5, 5.41) is 21.2. The third-order valence-electron chi connectivity index (χ3n) is 9.26. The van der Waals surface area contributed by atoms with Crippen LogP contribution >= 0.6 is 0 Å².